The van der Waals surface area contributed by atoms with Gasteiger partial charge in [0.25, 0.3) is 0 Å². The van der Waals surface area contributed by atoms with Crippen LogP contribution in [0.1, 0.15) is 38.4 Å². The second kappa shape index (κ2) is 4.97. The summed E-state index contributed by atoms with van der Waals surface area (Å²) < 4.78 is 2.07. The summed E-state index contributed by atoms with van der Waals surface area (Å²) in [5.41, 5.74) is 7.51. The van der Waals surface area contributed by atoms with Gasteiger partial charge in [0.15, 0.2) is 0 Å². The molecule has 0 spiro atoms. The van der Waals surface area contributed by atoms with Crippen LogP contribution >= 0.6 is 0 Å². The van der Waals surface area contributed by atoms with Crippen molar-refractivity contribution >= 4 is 0 Å². The Hall–Kier alpha value is -0.870. The predicted molar refractivity (Wildman–Crippen MR) is 65.1 cm³/mol. The number of nitrogens with zero attached hydrogens (tertiary/aromatic N) is 3. The number of aryl methyl sites for hydroxylation is 1. The molecule has 0 aromatic carbocycles. The third-order valence-electron chi connectivity index (χ3n) is 3.41. The van der Waals surface area contributed by atoms with Crippen LogP contribution in [0.3, 0.4) is 0 Å². The summed E-state index contributed by atoms with van der Waals surface area (Å²) in [5.74, 6) is 0. The fourth-order valence-corrected chi connectivity index (χ4v) is 2.69. The minimum Gasteiger partial charge on any atom is -0.326 e. The lowest BCUT2D eigenvalue weighted by Gasteiger charge is -2.26. The van der Waals surface area contributed by atoms with Crippen molar-refractivity contribution in [3.63, 3.8) is 0 Å². The Balaban J connectivity index is 2.22. The molecule has 1 aliphatic heterocycles. The number of nitrogens with two attached hydrogens (primary N) is 1. The van der Waals surface area contributed by atoms with Gasteiger partial charge in [0.1, 0.15) is 0 Å². The summed E-state index contributed by atoms with van der Waals surface area (Å²) in [6, 6.07) is 2.73. The van der Waals surface area contributed by atoms with Crippen molar-refractivity contribution in [3.05, 3.63) is 18.0 Å². The van der Waals surface area contributed by atoms with Crippen LogP contribution in [0.25, 0.3) is 0 Å². The second-order valence-corrected chi connectivity index (χ2v) is 4.51. The highest BCUT2D eigenvalue weighted by Gasteiger charge is 2.34. The first-order chi connectivity index (χ1) is 7.77. The SMILES string of the molecule is CCCN1CC[C@H](N)[C@H]1c1ccnn1CC. The molecule has 1 aromatic heterocycles. The third-order valence-corrected chi connectivity index (χ3v) is 3.41. The van der Waals surface area contributed by atoms with E-state index in [0.717, 1.165) is 26.1 Å². The number of likely N-dealkylation sites (tertiary alicyclic amines) is 1. The summed E-state index contributed by atoms with van der Waals surface area (Å²) in [6.07, 6.45) is 4.16. The van der Waals surface area contributed by atoms with Gasteiger partial charge in [-0.3, -0.25) is 9.58 Å². The molecule has 2 rings (SSSR count). The Bertz CT molecular complexity index is 332. The zero-order valence-electron chi connectivity index (χ0n) is 10.3. The van der Waals surface area contributed by atoms with E-state index in [0.29, 0.717) is 6.04 Å². The third kappa shape index (κ3) is 1.99. The molecule has 0 radical (unpaired) electrons. The summed E-state index contributed by atoms with van der Waals surface area (Å²) in [6.45, 7) is 7.52. The van der Waals surface area contributed by atoms with E-state index in [4.69, 9.17) is 5.73 Å². The van der Waals surface area contributed by atoms with Crippen molar-refractivity contribution in [1.29, 1.82) is 0 Å². The number of rotatable bonds is 4. The molecule has 1 fully saturated rings. The Morgan fingerprint density at radius 3 is 3.00 bits per heavy atom. The smallest absolute Gasteiger partial charge is 0.0671 e. The first kappa shape index (κ1) is 11.6. The Labute approximate surface area is 97.4 Å². The normalized spacial score (nSPS) is 26.4. The lowest BCUT2D eigenvalue weighted by Crippen LogP contribution is -2.34. The average Bonchev–Trinajstić information content (AvgIpc) is 2.85. The number of aromatic nitrogens is 2. The molecule has 1 aromatic rings. The maximum Gasteiger partial charge on any atom is 0.0671 e. The first-order valence-corrected chi connectivity index (χ1v) is 6.29. The van der Waals surface area contributed by atoms with E-state index in [-0.39, 0.29) is 6.04 Å². The molecule has 90 valence electrons. The van der Waals surface area contributed by atoms with E-state index >= 15 is 0 Å². The highest BCUT2D eigenvalue weighted by molar-refractivity contribution is 5.12. The molecule has 4 nitrogen and oxygen atoms in total. The molecule has 0 aliphatic carbocycles. The highest BCUT2D eigenvalue weighted by atomic mass is 15.3. The van der Waals surface area contributed by atoms with Gasteiger partial charge in [0, 0.05) is 25.3 Å². The van der Waals surface area contributed by atoms with Crippen molar-refractivity contribution in [2.75, 3.05) is 13.1 Å². The van der Waals surface area contributed by atoms with Gasteiger partial charge in [-0.15, -0.1) is 0 Å². The largest absolute Gasteiger partial charge is 0.326 e. The number of hydrogen-bond donors (Lipinski definition) is 1. The average molecular weight is 222 g/mol. The molecule has 2 atom stereocenters. The number of hydrogen-bond acceptors (Lipinski definition) is 3. The van der Waals surface area contributed by atoms with Gasteiger partial charge in [0.2, 0.25) is 0 Å². The first-order valence-electron chi connectivity index (χ1n) is 6.29. The summed E-state index contributed by atoms with van der Waals surface area (Å²) in [5, 5.41) is 4.34. The van der Waals surface area contributed by atoms with E-state index in [1.54, 1.807) is 0 Å². The Morgan fingerprint density at radius 2 is 2.31 bits per heavy atom. The molecular weight excluding hydrogens is 200 g/mol. The monoisotopic (exact) mass is 222 g/mol. The molecule has 1 saturated heterocycles. The topological polar surface area (TPSA) is 47.1 Å². The lowest BCUT2D eigenvalue weighted by molar-refractivity contribution is 0.237. The second-order valence-electron chi connectivity index (χ2n) is 4.51. The van der Waals surface area contributed by atoms with Crippen LogP contribution in [0.4, 0.5) is 0 Å². The van der Waals surface area contributed by atoms with Gasteiger partial charge in [-0.05, 0) is 32.4 Å². The fourth-order valence-electron chi connectivity index (χ4n) is 2.69. The molecule has 2 N–H and O–H groups in total. The highest BCUT2D eigenvalue weighted by Crippen LogP contribution is 2.30. The van der Waals surface area contributed by atoms with Crippen molar-refractivity contribution in [2.24, 2.45) is 5.73 Å². The summed E-state index contributed by atoms with van der Waals surface area (Å²) in [7, 11) is 0. The minimum atomic E-state index is 0.258. The van der Waals surface area contributed by atoms with Crippen LogP contribution in [0.2, 0.25) is 0 Å². The molecule has 0 unspecified atom stereocenters. The van der Waals surface area contributed by atoms with Crippen LogP contribution in [-0.4, -0.2) is 33.8 Å². The van der Waals surface area contributed by atoms with E-state index < -0.39 is 0 Å². The van der Waals surface area contributed by atoms with Gasteiger partial charge >= 0.3 is 0 Å². The van der Waals surface area contributed by atoms with Crippen LogP contribution in [0.15, 0.2) is 12.3 Å². The molecule has 4 heteroatoms. The summed E-state index contributed by atoms with van der Waals surface area (Å²) >= 11 is 0. The zero-order valence-corrected chi connectivity index (χ0v) is 10.3. The van der Waals surface area contributed by atoms with Gasteiger partial charge < -0.3 is 5.73 Å². The molecule has 1 aliphatic rings. The van der Waals surface area contributed by atoms with Gasteiger partial charge in [-0.25, -0.2) is 0 Å². The molecular formula is C12H22N4. The van der Waals surface area contributed by atoms with Crippen LogP contribution in [0.5, 0.6) is 0 Å². The maximum atomic E-state index is 6.23. The molecule has 0 amide bonds. The fraction of sp³-hybridized carbons (Fsp3) is 0.750. The van der Waals surface area contributed by atoms with E-state index in [2.05, 4.69) is 34.6 Å². The van der Waals surface area contributed by atoms with Crippen molar-refractivity contribution in [1.82, 2.24) is 14.7 Å². The standard InChI is InChI=1S/C12H22N4/c1-3-8-15-9-6-10(13)12(15)11-5-7-14-16(11)4-2/h5,7,10,12H,3-4,6,8-9,13H2,1-2H3/t10-,12-/m0/s1. The van der Waals surface area contributed by atoms with E-state index in [9.17, 15) is 0 Å². The van der Waals surface area contributed by atoms with Gasteiger partial charge in [-0.1, -0.05) is 6.92 Å². The van der Waals surface area contributed by atoms with E-state index in [1.165, 1.54) is 12.1 Å². The lowest BCUT2D eigenvalue weighted by atomic mass is 10.1. The van der Waals surface area contributed by atoms with E-state index in [1.807, 2.05) is 6.20 Å². The van der Waals surface area contributed by atoms with Crippen molar-refractivity contribution < 1.29 is 0 Å². The van der Waals surface area contributed by atoms with Crippen LogP contribution in [-0.2, 0) is 6.54 Å². The molecule has 0 bridgehead atoms. The molecule has 2 heterocycles. The minimum absolute atomic E-state index is 0.258. The van der Waals surface area contributed by atoms with Gasteiger partial charge in [0.05, 0.1) is 11.7 Å². The summed E-state index contributed by atoms with van der Waals surface area (Å²) in [4.78, 5) is 2.49. The molecule has 0 saturated carbocycles. The van der Waals surface area contributed by atoms with Crippen LogP contribution in [0, 0.1) is 0 Å². The Kier molecular flexibility index (Phi) is 3.61. The predicted octanol–water partition coefficient (Wildman–Crippen LogP) is 1.39. The maximum absolute atomic E-state index is 6.23. The van der Waals surface area contributed by atoms with Crippen LogP contribution < -0.4 is 5.73 Å². The van der Waals surface area contributed by atoms with Crippen molar-refractivity contribution in [3.8, 4) is 0 Å². The molecule has 16 heavy (non-hydrogen) atoms. The quantitative estimate of drug-likeness (QED) is 0.837. The van der Waals surface area contributed by atoms with Gasteiger partial charge in [-0.2, -0.15) is 5.10 Å². The zero-order chi connectivity index (χ0) is 11.5. The van der Waals surface area contributed by atoms with Crippen molar-refractivity contribution in [2.45, 2.75) is 45.3 Å². The Morgan fingerprint density at radius 1 is 1.50 bits per heavy atom.